The zero-order valence-electron chi connectivity index (χ0n) is 13.3. The van der Waals surface area contributed by atoms with Gasteiger partial charge >= 0.3 is 7.12 Å². The third kappa shape index (κ3) is 3.55. The predicted octanol–water partition coefficient (Wildman–Crippen LogP) is 3.60. The molecule has 3 nitrogen and oxygen atoms in total. The van der Waals surface area contributed by atoms with Crippen LogP contribution in [0.3, 0.4) is 0 Å². The molecular weight excluding hydrogens is 288 g/mol. The Morgan fingerprint density at radius 2 is 1.81 bits per heavy atom. The summed E-state index contributed by atoms with van der Waals surface area (Å²) in [6, 6.07) is 5.07. The standard InChI is InChI=1S/C15H23BFNO2S/c1-6-9-21-18-11-7-8-12(13(17)10-11)16-19-14(2,3)15(4,5)20-16/h7-8,10,18H,6,9H2,1-5H3. The molecule has 116 valence electrons. The van der Waals surface area contributed by atoms with Crippen LogP contribution in [-0.2, 0) is 9.31 Å². The highest BCUT2D eigenvalue weighted by Crippen LogP contribution is 2.36. The summed E-state index contributed by atoms with van der Waals surface area (Å²) in [6.07, 6.45) is 1.08. The lowest BCUT2D eigenvalue weighted by Gasteiger charge is -2.32. The number of halogens is 1. The molecule has 6 heteroatoms. The number of hydrogen-bond donors (Lipinski definition) is 1. The highest BCUT2D eigenvalue weighted by Gasteiger charge is 2.52. The average molecular weight is 311 g/mol. The molecule has 0 spiro atoms. The number of hydrogen-bond acceptors (Lipinski definition) is 4. The molecular formula is C15H23BFNO2S. The van der Waals surface area contributed by atoms with Crippen LogP contribution in [-0.4, -0.2) is 24.1 Å². The topological polar surface area (TPSA) is 30.5 Å². The fraction of sp³-hybridized carbons (Fsp3) is 0.600. The maximum Gasteiger partial charge on any atom is 0.497 e. The first-order chi connectivity index (χ1) is 9.77. The Morgan fingerprint density at radius 1 is 1.19 bits per heavy atom. The van der Waals surface area contributed by atoms with Crippen LogP contribution in [0, 0.1) is 5.82 Å². The minimum absolute atomic E-state index is 0.310. The van der Waals surface area contributed by atoms with Crippen molar-refractivity contribution in [3.63, 3.8) is 0 Å². The van der Waals surface area contributed by atoms with Gasteiger partial charge in [-0.2, -0.15) is 0 Å². The quantitative estimate of drug-likeness (QED) is 0.511. The van der Waals surface area contributed by atoms with Crippen molar-refractivity contribution in [2.75, 3.05) is 10.5 Å². The van der Waals surface area contributed by atoms with E-state index in [0.717, 1.165) is 17.9 Å². The van der Waals surface area contributed by atoms with Gasteiger partial charge in [-0.1, -0.05) is 24.9 Å². The van der Waals surface area contributed by atoms with E-state index in [0.29, 0.717) is 5.46 Å². The van der Waals surface area contributed by atoms with Gasteiger partial charge in [0, 0.05) is 16.9 Å². The van der Waals surface area contributed by atoms with Crippen molar-refractivity contribution < 1.29 is 13.7 Å². The fourth-order valence-electron chi connectivity index (χ4n) is 1.99. The minimum Gasteiger partial charge on any atom is -0.399 e. The van der Waals surface area contributed by atoms with Crippen LogP contribution >= 0.6 is 11.9 Å². The predicted molar refractivity (Wildman–Crippen MR) is 88.5 cm³/mol. The SMILES string of the molecule is CCCSNc1ccc(B2OC(C)(C)C(C)(C)O2)c(F)c1. The zero-order valence-corrected chi connectivity index (χ0v) is 14.1. The summed E-state index contributed by atoms with van der Waals surface area (Å²) in [4.78, 5) is 0. The van der Waals surface area contributed by atoms with Crippen LogP contribution < -0.4 is 10.2 Å². The summed E-state index contributed by atoms with van der Waals surface area (Å²) in [5.41, 5.74) is 0.279. The highest BCUT2D eigenvalue weighted by molar-refractivity contribution is 8.00. The van der Waals surface area contributed by atoms with E-state index in [1.807, 2.05) is 33.8 Å². The fourth-order valence-corrected chi connectivity index (χ4v) is 2.59. The maximum absolute atomic E-state index is 14.3. The molecule has 1 aliphatic heterocycles. The Morgan fingerprint density at radius 3 is 2.33 bits per heavy atom. The summed E-state index contributed by atoms with van der Waals surface area (Å²) in [5, 5.41) is 0. The summed E-state index contributed by atoms with van der Waals surface area (Å²) in [7, 11) is -0.660. The molecule has 1 aromatic rings. The number of rotatable bonds is 5. The van der Waals surface area contributed by atoms with Crippen molar-refractivity contribution in [1.29, 1.82) is 0 Å². The molecule has 1 heterocycles. The second-order valence-electron chi connectivity index (χ2n) is 6.28. The van der Waals surface area contributed by atoms with Crippen LogP contribution in [0.15, 0.2) is 18.2 Å². The van der Waals surface area contributed by atoms with Crippen LogP contribution in [0.2, 0.25) is 0 Å². The van der Waals surface area contributed by atoms with Crippen molar-refractivity contribution >= 4 is 30.2 Å². The van der Waals surface area contributed by atoms with E-state index in [9.17, 15) is 4.39 Å². The Bertz CT molecular complexity index is 494. The first-order valence-electron chi connectivity index (χ1n) is 7.30. The molecule has 0 aromatic heterocycles. The second kappa shape index (κ2) is 6.19. The van der Waals surface area contributed by atoms with Crippen LogP contribution in [0.4, 0.5) is 10.1 Å². The molecule has 0 bridgehead atoms. The van der Waals surface area contributed by atoms with Crippen molar-refractivity contribution in [2.45, 2.75) is 52.2 Å². The van der Waals surface area contributed by atoms with E-state index >= 15 is 0 Å². The Labute approximate surface area is 131 Å². The summed E-state index contributed by atoms with van der Waals surface area (Å²) in [6.45, 7) is 9.95. The van der Waals surface area contributed by atoms with E-state index in [1.165, 1.54) is 6.07 Å². The van der Waals surface area contributed by atoms with Gasteiger partial charge in [0.2, 0.25) is 0 Å². The summed E-state index contributed by atoms with van der Waals surface area (Å²) in [5.74, 6) is 0.677. The van der Waals surface area contributed by atoms with Crippen LogP contribution in [0.1, 0.15) is 41.0 Å². The Kier molecular flexibility index (Phi) is 4.91. The molecule has 21 heavy (non-hydrogen) atoms. The molecule has 1 saturated heterocycles. The smallest absolute Gasteiger partial charge is 0.399 e. The molecule has 0 atom stereocenters. The van der Waals surface area contributed by atoms with Gasteiger partial charge in [-0.3, -0.25) is 0 Å². The molecule has 0 radical (unpaired) electrons. The Balaban J connectivity index is 2.12. The molecule has 1 fully saturated rings. The van der Waals surface area contributed by atoms with Crippen molar-refractivity contribution in [3.8, 4) is 0 Å². The maximum atomic E-state index is 14.3. The lowest BCUT2D eigenvalue weighted by molar-refractivity contribution is 0.00578. The van der Waals surface area contributed by atoms with E-state index in [-0.39, 0.29) is 5.82 Å². The summed E-state index contributed by atoms with van der Waals surface area (Å²) >= 11 is 1.57. The monoisotopic (exact) mass is 311 g/mol. The molecule has 1 aromatic carbocycles. The number of benzene rings is 1. The molecule has 2 rings (SSSR count). The van der Waals surface area contributed by atoms with Gasteiger partial charge < -0.3 is 14.0 Å². The third-order valence-corrected chi connectivity index (χ3v) is 5.00. The first-order valence-corrected chi connectivity index (χ1v) is 8.28. The number of nitrogens with one attached hydrogen (secondary N) is 1. The zero-order chi connectivity index (χ0) is 15.7. The lowest BCUT2D eigenvalue weighted by Crippen LogP contribution is -2.41. The molecule has 0 saturated carbocycles. The van der Waals surface area contributed by atoms with Gasteiger partial charge in [-0.15, -0.1) is 0 Å². The van der Waals surface area contributed by atoms with Crippen molar-refractivity contribution in [3.05, 3.63) is 24.0 Å². The van der Waals surface area contributed by atoms with Crippen LogP contribution in [0.25, 0.3) is 0 Å². The van der Waals surface area contributed by atoms with E-state index in [4.69, 9.17) is 9.31 Å². The van der Waals surface area contributed by atoms with Crippen molar-refractivity contribution in [2.24, 2.45) is 0 Å². The second-order valence-corrected chi connectivity index (χ2v) is 7.18. The first kappa shape index (κ1) is 16.7. The van der Waals surface area contributed by atoms with Gasteiger partial charge in [0.25, 0.3) is 0 Å². The number of anilines is 1. The van der Waals surface area contributed by atoms with Crippen LogP contribution in [0.5, 0.6) is 0 Å². The van der Waals surface area contributed by atoms with E-state index < -0.39 is 18.3 Å². The Hall–Kier alpha value is -0.715. The van der Waals surface area contributed by atoms with Gasteiger partial charge in [0.15, 0.2) is 0 Å². The van der Waals surface area contributed by atoms with E-state index in [1.54, 1.807) is 18.0 Å². The molecule has 0 unspecified atom stereocenters. The third-order valence-electron chi connectivity index (χ3n) is 4.00. The normalized spacial score (nSPS) is 19.8. The molecule has 1 N–H and O–H groups in total. The average Bonchev–Trinajstić information content (AvgIpc) is 2.58. The lowest BCUT2D eigenvalue weighted by atomic mass is 9.78. The van der Waals surface area contributed by atoms with Gasteiger partial charge in [0.1, 0.15) is 5.82 Å². The molecule has 0 aliphatic carbocycles. The highest BCUT2D eigenvalue weighted by atomic mass is 32.2. The van der Waals surface area contributed by atoms with Gasteiger partial charge in [-0.05, 0) is 46.2 Å². The molecule has 1 aliphatic rings. The minimum atomic E-state index is -0.660. The van der Waals surface area contributed by atoms with Gasteiger partial charge in [0.05, 0.1) is 11.2 Å². The molecule has 0 amide bonds. The van der Waals surface area contributed by atoms with E-state index in [2.05, 4.69) is 11.6 Å². The largest absolute Gasteiger partial charge is 0.497 e. The van der Waals surface area contributed by atoms with Gasteiger partial charge in [-0.25, -0.2) is 4.39 Å². The van der Waals surface area contributed by atoms with Crippen molar-refractivity contribution in [1.82, 2.24) is 0 Å². The summed E-state index contributed by atoms with van der Waals surface area (Å²) < 4.78 is 29.2.